The molecule has 0 saturated heterocycles. The van der Waals surface area contributed by atoms with E-state index >= 15 is 0 Å². The molecule has 0 fully saturated rings. The number of aromatic nitrogens is 4. The molecule has 0 spiro atoms. The topological polar surface area (TPSA) is 55.6 Å². The molecule has 0 bridgehead atoms. The van der Waals surface area contributed by atoms with Gasteiger partial charge in [-0.2, -0.15) is 5.10 Å². The van der Waals surface area contributed by atoms with E-state index in [1.54, 1.807) is 17.1 Å². The third-order valence-corrected chi connectivity index (χ3v) is 2.28. The molecular weight excluding hydrogens is 190 g/mol. The van der Waals surface area contributed by atoms with Gasteiger partial charge in [-0.05, 0) is 19.9 Å². The van der Waals surface area contributed by atoms with Crippen molar-refractivity contribution in [2.75, 3.05) is 5.32 Å². The van der Waals surface area contributed by atoms with Crippen LogP contribution < -0.4 is 5.32 Å². The van der Waals surface area contributed by atoms with E-state index in [9.17, 15) is 0 Å². The molecule has 0 aliphatic rings. The monoisotopic (exact) mass is 203 g/mol. The molecule has 2 heterocycles. The Hall–Kier alpha value is -1.91. The summed E-state index contributed by atoms with van der Waals surface area (Å²) in [6, 6.07) is 1.86. The summed E-state index contributed by atoms with van der Waals surface area (Å²) in [7, 11) is 1.90. The molecule has 0 atom stereocenters. The third-order valence-electron chi connectivity index (χ3n) is 2.28. The van der Waals surface area contributed by atoms with Gasteiger partial charge in [-0.15, -0.1) is 0 Å². The smallest absolute Gasteiger partial charge is 0.227 e. The molecule has 0 aliphatic carbocycles. The minimum Gasteiger partial charge on any atom is -0.321 e. The normalized spacial score (nSPS) is 10.3. The second kappa shape index (κ2) is 3.68. The lowest BCUT2D eigenvalue weighted by atomic mass is 10.4. The van der Waals surface area contributed by atoms with Crippen LogP contribution in [-0.2, 0) is 7.05 Å². The molecule has 0 unspecified atom stereocenters. The van der Waals surface area contributed by atoms with Crippen molar-refractivity contribution < 1.29 is 0 Å². The Morgan fingerprint density at radius 3 is 2.73 bits per heavy atom. The number of nitrogens with one attached hydrogen (secondary N) is 1. The molecule has 0 amide bonds. The van der Waals surface area contributed by atoms with Gasteiger partial charge in [-0.1, -0.05) is 0 Å². The molecule has 0 aliphatic heterocycles. The van der Waals surface area contributed by atoms with Crippen molar-refractivity contribution in [1.82, 2.24) is 19.7 Å². The standard InChI is InChI=1S/C10H13N5/c1-7-4-5-11-10(13-7)14-9-6-12-15(3)8(9)2/h4-6H,1-3H3,(H,11,13,14). The molecule has 5 heteroatoms. The Kier molecular flexibility index (Phi) is 2.37. The quantitative estimate of drug-likeness (QED) is 0.805. The van der Waals surface area contributed by atoms with Crippen LogP contribution in [-0.4, -0.2) is 19.7 Å². The van der Waals surface area contributed by atoms with Gasteiger partial charge in [-0.3, -0.25) is 4.68 Å². The summed E-state index contributed by atoms with van der Waals surface area (Å²) in [5.74, 6) is 0.603. The zero-order valence-electron chi connectivity index (χ0n) is 9.02. The van der Waals surface area contributed by atoms with Crippen LogP contribution >= 0.6 is 0 Å². The number of hydrogen-bond donors (Lipinski definition) is 1. The lowest BCUT2D eigenvalue weighted by Gasteiger charge is -2.03. The van der Waals surface area contributed by atoms with Crippen LogP contribution in [0.1, 0.15) is 11.4 Å². The molecule has 0 aromatic carbocycles. The fourth-order valence-corrected chi connectivity index (χ4v) is 1.25. The first kappa shape index (κ1) is 9.64. The van der Waals surface area contributed by atoms with Crippen LogP contribution in [0.4, 0.5) is 11.6 Å². The molecule has 5 nitrogen and oxygen atoms in total. The number of anilines is 2. The second-order valence-electron chi connectivity index (χ2n) is 3.41. The zero-order valence-corrected chi connectivity index (χ0v) is 9.02. The molecule has 78 valence electrons. The minimum atomic E-state index is 0.603. The molecule has 2 rings (SSSR count). The molecule has 2 aromatic rings. The summed E-state index contributed by atoms with van der Waals surface area (Å²) in [5, 5.41) is 7.26. The van der Waals surface area contributed by atoms with E-state index < -0.39 is 0 Å². The van der Waals surface area contributed by atoms with Gasteiger partial charge in [0.1, 0.15) is 0 Å². The van der Waals surface area contributed by atoms with Crippen molar-refractivity contribution in [1.29, 1.82) is 0 Å². The van der Waals surface area contributed by atoms with E-state index in [2.05, 4.69) is 20.4 Å². The van der Waals surface area contributed by atoms with E-state index in [0.29, 0.717) is 5.95 Å². The maximum Gasteiger partial charge on any atom is 0.227 e. The predicted octanol–water partition coefficient (Wildman–Crippen LogP) is 1.57. The maximum atomic E-state index is 4.26. The average Bonchev–Trinajstić information content (AvgIpc) is 2.50. The van der Waals surface area contributed by atoms with Gasteiger partial charge in [0.2, 0.25) is 5.95 Å². The highest BCUT2D eigenvalue weighted by Gasteiger charge is 2.04. The lowest BCUT2D eigenvalue weighted by Crippen LogP contribution is -1.99. The summed E-state index contributed by atoms with van der Waals surface area (Å²) < 4.78 is 1.80. The Bertz CT molecular complexity index is 474. The van der Waals surface area contributed by atoms with Crippen molar-refractivity contribution in [3.05, 3.63) is 29.8 Å². The van der Waals surface area contributed by atoms with Crippen LogP contribution in [0, 0.1) is 13.8 Å². The fraction of sp³-hybridized carbons (Fsp3) is 0.300. The molecule has 0 saturated carbocycles. The predicted molar refractivity (Wildman–Crippen MR) is 58.0 cm³/mol. The molecule has 1 N–H and O–H groups in total. The SMILES string of the molecule is Cc1ccnc(Nc2cnn(C)c2C)n1. The van der Waals surface area contributed by atoms with Crippen molar-refractivity contribution in [3.8, 4) is 0 Å². The van der Waals surface area contributed by atoms with Crippen molar-refractivity contribution in [2.24, 2.45) is 7.05 Å². The highest BCUT2D eigenvalue weighted by atomic mass is 15.3. The number of aryl methyl sites for hydroxylation is 2. The summed E-state index contributed by atoms with van der Waals surface area (Å²) in [5.41, 5.74) is 2.93. The zero-order chi connectivity index (χ0) is 10.8. The summed E-state index contributed by atoms with van der Waals surface area (Å²) in [6.45, 7) is 3.92. The molecule has 0 radical (unpaired) electrons. The van der Waals surface area contributed by atoms with E-state index in [1.807, 2.05) is 27.0 Å². The van der Waals surface area contributed by atoms with Gasteiger partial charge in [0.05, 0.1) is 17.6 Å². The number of hydrogen-bond acceptors (Lipinski definition) is 4. The van der Waals surface area contributed by atoms with Gasteiger partial charge >= 0.3 is 0 Å². The Morgan fingerprint density at radius 1 is 1.33 bits per heavy atom. The third kappa shape index (κ3) is 1.96. The highest BCUT2D eigenvalue weighted by Crippen LogP contribution is 2.16. The van der Waals surface area contributed by atoms with E-state index in [4.69, 9.17) is 0 Å². The minimum absolute atomic E-state index is 0.603. The number of rotatable bonds is 2. The summed E-state index contributed by atoms with van der Waals surface area (Å²) >= 11 is 0. The summed E-state index contributed by atoms with van der Waals surface area (Å²) in [4.78, 5) is 8.39. The summed E-state index contributed by atoms with van der Waals surface area (Å²) in [6.07, 6.45) is 3.50. The number of nitrogens with zero attached hydrogens (tertiary/aromatic N) is 4. The first-order chi connectivity index (χ1) is 7.16. The van der Waals surface area contributed by atoms with Crippen LogP contribution in [0.3, 0.4) is 0 Å². The van der Waals surface area contributed by atoms with Crippen LogP contribution in [0.25, 0.3) is 0 Å². The Morgan fingerprint density at radius 2 is 2.13 bits per heavy atom. The Labute approximate surface area is 88.2 Å². The van der Waals surface area contributed by atoms with Crippen LogP contribution in [0.15, 0.2) is 18.5 Å². The van der Waals surface area contributed by atoms with Crippen LogP contribution in [0.2, 0.25) is 0 Å². The van der Waals surface area contributed by atoms with Gasteiger partial charge in [-0.25, -0.2) is 9.97 Å². The van der Waals surface area contributed by atoms with E-state index in [1.165, 1.54) is 0 Å². The van der Waals surface area contributed by atoms with Gasteiger partial charge in [0.15, 0.2) is 0 Å². The van der Waals surface area contributed by atoms with E-state index in [0.717, 1.165) is 17.1 Å². The van der Waals surface area contributed by atoms with Crippen molar-refractivity contribution in [3.63, 3.8) is 0 Å². The van der Waals surface area contributed by atoms with E-state index in [-0.39, 0.29) is 0 Å². The van der Waals surface area contributed by atoms with Crippen molar-refractivity contribution >= 4 is 11.6 Å². The van der Waals surface area contributed by atoms with Gasteiger partial charge in [0, 0.05) is 18.9 Å². The molecular formula is C10H13N5. The second-order valence-corrected chi connectivity index (χ2v) is 3.41. The largest absolute Gasteiger partial charge is 0.321 e. The molecule has 15 heavy (non-hydrogen) atoms. The fourth-order valence-electron chi connectivity index (χ4n) is 1.25. The molecule has 2 aromatic heterocycles. The average molecular weight is 203 g/mol. The maximum absolute atomic E-state index is 4.26. The van der Waals surface area contributed by atoms with Crippen molar-refractivity contribution in [2.45, 2.75) is 13.8 Å². The van der Waals surface area contributed by atoms with Crippen LogP contribution in [0.5, 0.6) is 0 Å². The lowest BCUT2D eigenvalue weighted by molar-refractivity contribution is 0.740. The van der Waals surface area contributed by atoms with Gasteiger partial charge in [0.25, 0.3) is 0 Å². The first-order valence-electron chi connectivity index (χ1n) is 4.72. The first-order valence-corrected chi connectivity index (χ1v) is 4.72. The Balaban J connectivity index is 2.26. The highest BCUT2D eigenvalue weighted by molar-refractivity contribution is 5.54. The van der Waals surface area contributed by atoms with Gasteiger partial charge < -0.3 is 5.32 Å².